The predicted octanol–water partition coefficient (Wildman–Crippen LogP) is 1.38. The number of rotatable bonds is 1. The lowest BCUT2D eigenvalue weighted by molar-refractivity contribution is 1.11. The minimum atomic E-state index is 0.372. The number of nitrogens with zero attached hydrogens (tertiary/aromatic N) is 2. The molecule has 0 spiro atoms. The Morgan fingerprint density at radius 1 is 1.55 bits per heavy atom. The molecule has 0 fully saturated rings. The van der Waals surface area contributed by atoms with Crippen molar-refractivity contribution in [2.24, 2.45) is 0 Å². The molecule has 0 saturated heterocycles. The Labute approximate surface area is 70.8 Å². The number of hydrogen-bond donors (Lipinski definition) is 1. The normalized spacial score (nSPS) is 9.73. The lowest BCUT2D eigenvalue weighted by Gasteiger charge is -2.11. The molecule has 0 aliphatic heterocycles. The van der Waals surface area contributed by atoms with Crippen LogP contribution in [-0.4, -0.2) is 19.1 Å². The van der Waals surface area contributed by atoms with Gasteiger partial charge in [-0.25, -0.2) is 4.98 Å². The standard InChI is InChI=1S/C7H10ClN3/c1-11(2)5-3-6(8)7(9)10-4-5/h3-4H,1-2H3,(H2,9,10). The lowest BCUT2D eigenvalue weighted by Crippen LogP contribution is -2.09. The molecule has 4 heteroatoms. The number of halogens is 1. The van der Waals surface area contributed by atoms with E-state index in [1.807, 2.05) is 19.0 Å². The van der Waals surface area contributed by atoms with Crippen LogP contribution in [0.1, 0.15) is 0 Å². The van der Waals surface area contributed by atoms with E-state index in [2.05, 4.69) is 4.98 Å². The minimum absolute atomic E-state index is 0.372. The highest BCUT2D eigenvalue weighted by atomic mass is 35.5. The fraction of sp³-hybridized carbons (Fsp3) is 0.286. The highest BCUT2D eigenvalue weighted by Crippen LogP contribution is 2.20. The highest BCUT2D eigenvalue weighted by molar-refractivity contribution is 6.33. The van der Waals surface area contributed by atoms with Gasteiger partial charge >= 0.3 is 0 Å². The third kappa shape index (κ3) is 1.74. The first-order valence-corrected chi connectivity index (χ1v) is 3.57. The third-order valence-electron chi connectivity index (χ3n) is 1.37. The molecular weight excluding hydrogens is 162 g/mol. The van der Waals surface area contributed by atoms with Gasteiger partial charge in [0.05, 0.1) is 16.9 Å². The van der Waals surface area contributed by atoms with Crippen LogP contribution in [0.5, 0.6) is 0 Å². The molecule has 0 aliphatic rings. The van der Waals surface area contributed by atoms with Crippen molar-refractivity contribution in [1.82, 2.24) is 4.98 Å². The molecule has 11 heavy (non-hydrogen) atoms. The molecule has 0 amide bonds. The quantitative estimate of drug-likeness (QED) is 0.694. The molecule has 0 unspecified atom stereocenters. The molecule has 60 valence electrons. The van der Waals surface area contributed by atoms with Crippen LogP contribution < -0.4 is 10.6 Å². The number of anilines is 2. The highest BCUT2D eigenvalue weighted by Gasteiger charge is 1.99. The summed E-state index contributed by atoms with van der Waals surface area (Å²) in [5.41, 5.74) is 6.38. The molecule has 3 nitrogen and oxygen atoms in total. The number of pyridine rings is 1. The van der Waals surface area contributed by atoms with Crippen LogP contribution in [0.3, 0.4) is 0 Å². The molecule has 2 N–H and O–H groups in total. The average Bonchev–Trinajstić information content (AvgIpc) is 1.94. The summed E-state index contributed by atoms with van der Waals surface area (Å²) < 4.78 is 0. The van der Waals surface area contributed by atoms with Crippen LogP contribution in [0.4, 0.5) is 11.5 Å². The zero-order valence-corrected chi connectivity index (χ0v) is 7.26. The van der Waals surface area contributed by atoms with Crippen LogP contribution in [0.25, 0.3) is 0 Å². The first kappa shape index (κ1) is 8.14. The fourth-order valence-electron chi connectivity index (χ4n) is 0.683. The molecule has 0 atom stereocenters. The molecule has 0 aliphatic carbocycles. The molecule has 0 aromatic carbocycles. The van der Waals surface area contributed by atoms with Crippen molar-refractivity contribution in [2.45, 2.75) is 0 Å². The van der Waals surface area contributed by atoms with Crippen LogP contribution in [0.15, 0.2) is 12.3 Å². The van der Waals surface area contributed by atoms with Gasteiger partial charge in [-0.15, -0.1) is 0 Å². The Morgan fingerprint density at radius 2 is 2.18 bits per heavy atom. The summed E-state index contributed by atoms with van der Waals surface area (Å²) in [4.78, 5) is 5.82. The van der Waals surface area contributed by atoms with Gasteiger partial charge in [0.1, 0.15) is 5.82 Å². The largest absolute Gasteiger partial charge is 0.382 e. The van der Waals surface area contributed by atoms with Gasteiger partial charge in [-0.1, -0.05) is 11.6 Å². The monoisotopic (exact) mass is 171 g/mol. The number of hydrogen-bond acceptors (Lipinski definition) is 3. The van der Waals surface area contributed by atoms with Gasteiger partial charge in [0.25, 0.3) is 0 Å². The van der Waals surface area contributed by atoms with Crippen molar-refractivity contribution in [3.63, 3.8) is 0 Å². The average molecular weight is 172 g/mol. The van der Waals surface area contributed by atoms with E-state index >= 15 is 0 Å². The summed E-state index contributed by atoms with van der Waals surface area (Å²) in [6.45, 7) is 0. The smallest absolute Gasteiger partial charge is 0.142 e. The summed E-state index contributed by atoms with van der Waals surface area (Å²) in [6.07, 6.45) is 1.68. The first-order chi connectivity index (χ1) is 5.11. The second-order valence-electron chi connectivity index (χ2n) is 2.46. The molecule has 0 bridgehead atoms. The van der Waals surface area contributed by atoms with Gasteiger partial charge < -0.3 is 10.6 Å². The van der Waals surface area contributed by atoms with Crippen molar-refractivity contribution in [3.8, 4) is 0 Å². The second kappa shape index (κ2) is 2.96. The van der Waals surface area contributed by atoms with E-state index in [9.17, 15) is 0 Å². The summed E-state index contributed by atoms with van der Waals surface area (Å²) in [5.74, 6) is 0.372. The van der Waals surface area contributed by atoms with Crippen molar-refractivity contribution >= 4 is 23.1 Å². The number of nitrogen functional groups attached to an aromatic ring is 1. The predicted molar refractivity (Wildman–Crippen MR) is 48.0 cm³/mol. The Balaban J connectivity index is 3.05. The van der Waals surface area contributed by atoms with Crippen LogP contribution in [0, 0.1) is 0 Å². The number of aromatic nitrogens is 1. The lowest BCUT2D eigenvalue weighted by atomic mass is 10.4. The van der Waals surface area contributed by atoms with Gasteiger partial charge in [0, 0.05) is 14.1 Å². The summed E-state index contributed by atoms with van der Waals surface area (Å²) in [7, 11) is 3.84. The van der Waals surface area contributed by atoms with E-state index in [1.54, 1.807) is 12.3 Å². The molecule has 1 heterocycles. The Kier molecular flexibility index (Phi) is 2.19. The van der Waals surface area contributed by atoms with Gasteiger partial charge in [0.2, 0.25) is 0 Å². The van der Waals surface area contributed by atoms with Gasteiger partial charge in [-0.3, -0.25) is 0 Å². The van der Waals surface area contributed by atoms with E-state index in [0.717, 1.165) is 5.69 Å². The van der Waals surface area contributed by atoms with E-state index in [-0.39, 0.29) is 0 Å². The Hall–Kier alpha value is -0.960. The molecular formula is C7H10ClN3. The summed E-state index contributed by atoms with van der Waals surface area (Å²) in [5, 5.41) is 0.496. The van der Waals surface area contributed by atoms with Crippen molar-refractivity contribution < 1.29 is 0 Å². The maximum atomic E-state index is 5.74. The second-order valence-corrected chi connectivity index (χ2v) is 2.86. The fourth-order valence-corrected chi connectivity index (χ4v) is 0.844. The van der Waals surface area contributed by atoms with Gasteiger partial charge in [0.15, 0.2) is 0 Å². The topological polar surface area (TPSA) is 42.2 Å². The maximum absolute atomic E-state index is 5.74. The Morgan fingerprint density at radius 3 is 2.64 bits per heavy atom. The van der Waals surface area contributed by atoms with E-state index in [1.165, 1.54) is 0 Å². The third-order valence-corrected chi connectivity index (χ3v) is 1.67. The zero-order chi connectivity index (χ0) is 8.43. The molecule has 0 saturated carbocycles. The van der Waals surface area contributed by atoms with E-state index in [4.69, 9.17) is 17.3 Å². The van der Waals surface area contributed by atoms with Crippen molar-refractivity contribution in [3.05, 3.63) is 17.3 Å². The molecule has 1 rings (SSSR count). The summed E-state index contributed by atoms with van der Waals surface area (Å²) in [6, 6.07) is 1.78. The maximum Gasteiger partial charge on any atom is 0.142 e. The van der Waals surface area contributed by atoms with Crippen molar-refractivity contribution in [2.75, 3.05) is 24.7 Å². The first-order valence-electron chi connectivity index (χ1n) is 3.19. The zero-order valence-electron chi connectivity index (χ0n) is 6.50. The number of nitrogens with two attached hydrogens (primary N) is 1. The molecule has 1 aromatic rings. The van der Waals surface area contributed by atoms with E-state index in [0.29, 0.717) is 10.8 Å². The van der Waals surface area contributed by atoms with Crippen LogP contribution in [0.2, 0.25) is 5.02 Å². The summed E-state index contributed by atoms with van der Waals surface area (Å²) >= 11 is 5.74. The molecule has 0 radical (unpaired) electrons. The van der Waals surface area contributed by atoms with Crippen LogP contribution in [-0.2, 0) is 0 Å². The SMILES string of the molecule is CN(C)c1cnc(N)c(Cl)c1. The van der Waals surface area contributed by atoms with E-state index < -0.39 is 0 Å². The van der Waals surface area contributed by atoms with Gasteiger partial charge in [-0.2, -0.15) is 0 Å². The van der Waals surface area contributed by atoms with Gasteiger partial charge in [-0.05, 0) is 6.07 Å². The minimum Gasteiger partial charge on any atom is -0.382 e. The molecule has 1 aromatic heterocycles. The van der Waals surface area contributed by atoms with Crippen LogP contribution >= 0.6 is 11.6 Å². The van der Waals surface area contributed by atoms with Crippen molar-refractivity contribution in [1.29, 1.82) is 0 Å². The Bertz CT molecular complexity index is 260.